The SMILES string of the molecule is CCOCCN(C)C(=O)c1cnn(CCCN)c1C. The average Bonchev–Trinajstić information content (AvgIpc) is 2.77. The molecule has 1 aromatic heterocycles. The second kappa shape index (κ2) is 7.91. The number of ether oxygens (including phenoxy) is 1. The number of nitrogens with two attached hydrogens (primary N) is 1. The number of hydrogen-bond donors (Lipinski definition) is 1. The lowest BCUT2D eigenvalue weighted by atomic mass is 10.2. The minimum atomic E-state index is -0.0174. The van der Waals surface area contributed by atoms with Gasteiger partial charge in [-0.2, -0.15) is 5.10 Å². The monoisotopic (exact) mass is 268 g/mol. The summed E-state index contributed by atoms with van der Waals surface area (Å²) in [5.41, 5.74) is 7.02. The van der Waals surface area contributed by atoms with E-state index in [1.54, 1.807) is 18.1 Å². The third-order valence-corrected chi connectivity index (χ3v) is 3.03. The number of likely N-dealkylation sites (N-methyl/N-ethyl adjacent to an activating group) is 1. The van der Waals surface area contributed by atoms with Crippen molar-refractivity contribution in [1.82, 2.24) is 14.7 Å². The van der Waals surface area contributed by atoms with Gasteiger partial charge in [0.1, 0.15) is 0 Å². The molecule has 0 unspecified atom stereocenters. The van der Waals surface area contributed by atoms with Gasteiger partial charge in [0.2, 0.25) is 0 Å². The highest BCUT2D eigenvalue weighted by Gasteiger charge is 2.17. The lowest BCUT2D eigenvalue weighted by Crippen LogP contribution is -2.30. The molecule has 1 amide bonds. The van der Waals surface area contributed by atoms with Gasteiger partial charge < -0.3 is 15.4 Å². The maximum atomic E-state index is 12.2. The van der Waals surface area contributed by atoms with Gasteiger partial charge >= 0.3 is 0 Å². The summed E-state index contributed by atoms with van der Waals surface area (Å²) in [6, 6.07) is 0. The van der Waals surface area contributed by atoms with Crippen molar-refractivity contribution >= 4 is 5.91 Å². The Kier molecular flexibility index (Phi) is 6.52. The fourth-order valence-corrected chi connectivity index (χ4v) is 1.78. The zero-order valence-corrected chi connectivity index (χ0v) is 12.1. The van der Waals surface area contributed by atoms with E-state index in [9.17, 15) is 4.79 Å². The molecule has 0 saturated carbocycles. The number of aromatic nitrogens is 2. The number of carbonyl (C=O) groups excluding carboxylic acids is 1. The van der Waals surface area contributed by atoms with Gasteiger partial charge in [-0.1, -0.05) is 0 Å². The first-order valence-corrected chi connectivity index (χ1v) is 6.67. The second-order valence-electron chi connectivity index (χ2n) is 4.43. The van der Waals surface area contributed by atoms with Crippen LogP contribution in [0.3, 0.4) is 0 Å². The van der Waals surface area contributed by atoms with Crippen molar-refractivity contribution in [3.8, 4) is 0 Å². The van der Waals surface area contributed by atoms with E-state index in [1.807, 2.05) is 18.5 Å². The predicted molar refractivity (Wildman–Crippen MR) is 74.1 cm³/mol. The number of nitrogens with zero attached hydrogens (tertiary/aromatic N) is 3. The van der Waals surface area contributed by atoms with Crippen LogP contribution in [0.25, 0.3) is 0 Å². The molecule has 0 fully saturated rings. The Bertz CT molecular complexity index is 403. The first-order valence-electron chi connectivity index (χ1n) is 6.67. The molecule has 6 heteroatoms. The normalized spacial score (nSPS) is 10.7. The Hall–Kier alpha value is -1.40. The summed E-state index contributed by atoms with van der Waals surface area (Å²) < 4.78 is 7.08. The molecule has 0 bridgehead atoms. The Morgan fingerprint density at radius 1 is 1.58 bits per heavy atom. The highest BCUT2D eigenvalue weighted by molar-refractivity contribution is 5.94. The van der Waals surface area contributed by atoms with Crippen molar-refractivity contribution in [1.29, 1.82) is 0 Å². The fraction of sp³-hybridized carbons (Fsp3) is 0.692. The summed E-state index contributed by atoms with van der Waals surface area (Å²) in [5, 5.41) is 4.24. The van der Waals surface area contributed by atoms with Crippen molar-refractivity contribution in [2.75, 3.05) is 33.4 Å². The van der Waals surface area contributed by atoms with Crippen molar-refractivity contribution < 1.29 is 9.53 Å². The Morgan fingerprint density at radius 2 is 2.32 bits per heavy atom. The van der Waals surface area contributed by atoms with Gasteiger partial charge in [0, 0.05) is 32.4 Å². The molecule has 0 aromatic carbocycles. The molecule has 1 aromatic rings. The lowest BCUT2D eigenvalue weighted by Gasteiger charge is -2.16. The maximum absolute atomic E-state index is 12.2. The predicted octanol–water partition coefficient (Wildman–Crippen LogP) is 0.649. The minimum Gasteiger partial charge on any atom is -0.380 e. The third-order valence-electron chi connectivity index (χ3n) is 3.03. The molecule has 0 aliphatic carbocycles. The quantitative estimate of drug-likeness (QED) is 0.703. The van der Waals surface area contributed by atoms with Crippen LogP contribution in [0.15, 0.2) is 6.20 Å². The molecule has 0 aliphatic rings. The molecule has 6 nitrogen and oxygen atoms in total. The topological polar surface area (TPSA) is 73.4 Å². The third kappa shape index (κ3) is 4.33. The Balaban J connectivity index is 2.63. The summed E-state index contributed by atoms with van der Waals surface area (Å²) in [4.78, 5) is 13.9. The molecular weight excluding hydrogens is 244 g/mol. The van der Waals surface area contributed by atoms with Gasteiger partial charge in [-0.15, -0.1) is 0 Å². The first kappa shape index (κ1) is 15.7. The Labute approximate surface area is 114 Å². The number of carbonyl (C=O) groups is 1. The van der Waals surface area contributed by atoms with Crippen molar-refractivity contribution in [3.63, 3.8) is 0 Å². The summed E-state index contributed by atoms with van der Waals surface area (Å²) in [5.74, 6) is -0.0174. The first-order chi connectivity index (χ1) is 9.11. The Morgan fingerprint density at radius 3 is 2.95 bits per heavy atom. The molecule has 1 heterocycles. The van der Waals surface area contributed by atoms with E-state index in [1.165, 1.54) is 0 Å². The molecule has 0 aliphatic heterocycles. The summed E-state index contributed by atoms with van der Waals surface area (Å²) in [7, 11) is 1.78. The van der Waals surface area contributed by atoms with Gasteiger partial charge in [-0.3, -0.25) is 9.48 Å². The zero-order valence-electron chi connectivity index (χ0n) is 12.1. The lowest BCUT2D eigenvalue weighted by molar-refractivity contribution is 0.0709. The van der Waals surface area contributed by atoms with Gasteiger partial charge in [0.15, 0.2) is 0 Å². The molecule has 1 rings (SSSR count). The molecule has 0 spiro atoms. The van der Waals surface area contributed by atoms with Gasteiger partial charge in [0.25, 0.3) is 5.91 Å². The van der Waals surface area contributed by atoms with Crippen LogP contribution < -0.4 is 5.73 Å². The van der Waals surface area contributed by atoms with Gasteiger partial charge in [0.05, 0.1) is 18.4 Å². The number of amides is 1. The van der Waals surface area contributed by atoms with E-state index in [4.69, 9.17) is 10.5 Å². The van der Waals surface area contributed by atoms with Crippen LogP contribution in [-0.2, 0) is 11.3 Å². The summed E-state index contributed by atoms with van der Waals surface area (Å²) in [6.07, 6.45) is 2.49. The average molecular weight is 268 g/mol. The van der Waals surface area contributed by atoms with Crippen LogP contribution in [0.2, 0.25) is 0 Å². The van der Waals surface area contributed by atoms with Crippen LogP contribution in [0.1, 0.15) is 29.4 Å². The second-order valence-corrected chi connectivity index (χ2v) is 4.43. The molecular formula is C13H24N4O2. The number of hydrogen-bond acceptors (Lipinski definition) is 4. The largest absolute Gasteiger partial charge is 0.380 e. The van der Waals surface area contributed by atoms with E-state index < -0.39 is 0 Å². The van der Waals surface area contributed by atoms with E-state index in [0.29, 0.717) is 31.9 Å². The maximum Gasteiger partial charge on any atom is 0.257 e. The number of rotatable bonds is 8. The van der Waals surface area contributed by atoms with Gasteiger partial charge in [-0.25, -0.2) is 0 Å². The summed E-state index contributed by atoms with van der Waals surface area (Å²) >= 11 is 0. The van der Waals surface area contributed by atoms with E-state index in [2.05, 4.69) is 5.10 Å². The van der Waals surface area contributed by atoms with Crippen molar-refractivity contribution in [2.45, 2.75) is 26.8 Å². The van der Waals surface area contributed by atoms with Crippen LogP contribution in [0.4, 0.5) is 0 Å². The molecule has 2 N–H and O–H groups in total. The molecule has 0 radical (unpaired) electrons. The molecule has 19 heavy (non-hydrogen) atoms. The van der Waals surface area contributed by atoms with Crippen LogP contribution >= 0.6 is 0 Å². The van der Waals surface area contributed by atoms with E-state index >= 15 is 0 Å². The van der Waals surface area contributed by atoms with E-state index in [0.717, 1.165) is 18.7 Å². The van der Waals surface area contributed by atoms with Crippen LogP contribution in [0.5, 0.6) is 0 Å². The van der Waals surface area contributed by atoms with Crippen molar-refractivity contribution in [2.24, 2.45) is 5.73 Å². The highest BCUT2D eigenvalue weighted by Crippen LogP contribution is 2.10. The fourth-order valence-electron chi connectivity index (χ4n) is 1.78. The highest BCUT2D eigenvalue weighted by atomic mass is 16.5. The minimum absolute atomic E-state index is 0.0174. The molecule has 0 saturated heterocycles. The van der Waals surface area contributed by atoms with Crippen LogP contribution in [-0.4, -0.2) is 53.9 Å². The van der Waals surface area contributed by atoms with E-state index in [-0.39, 0.29) is 5.91 Å². The summed E-state index contributed by atoms with van der Waals surface area (Å²) in [6.45, 7) is 7.02. The van der Waals surface area contributed by atoms with Crippen molar-refractivity contribution in [3.05, 3.63) is 17.5 Å². The molecule has 0 atom stereocenters. The zero-order chi connectivity index (χ0) is 14.3. The van der Waals surface area contributed by atoms with Crippen LogP contribution in [0, 0.1) is 6.92 Å². The smallest absolute Gasteiger partial charge is 0.257 e. The standard InChI is InChI=1S/C13H24N4O2/c1-4-19-9-8-16(3)13(18)12-10-15-17(11(12)2)7-5-6-14/h10H,4-9,14H2,1-3H3. The number of aryl methyl sites for hydroxylation is 1. The molecule has 108 valence electrons. The van der Waals surface area contributed by atoms with Gasteiger partial charge in [-0.05, 0) is 26.8 Å².